The lowest BCUT2D eigenvalue weighted by molar-refractivity contribution is -0.144. The maximum absolute atomic E-state index is 11.0. The molecule has 0 heterocycles. The van der Waals surface area contributed by atoms with Crippen molar-refractivity contribution in [3.63, 3.8) is 0 Å². The van der Waals surface area contributed by atoms with Gasteiger partial charge in [-0.25, -0.2) is 11.4 Å². The highest BCUT2D eigenvalue weighted by atomic mass is 16.2. The highest BCUT2D eigenvalue weighted by Crippen LogP contribution is 2.24. The molecule has 0 spiro atoms. The van der Waals surface area contributed by atoms with Gasteiger partial charge in [0.05, 0.1) is 0 Å². The quantitative estimate of drug-likeness (QED) is 0.194. The molecule has 0 saturated heterocycles. The molecule has 1 amide bonds. The van der Waals surface area contributed by atoms with Crippen molar-refractivity contribution >= 4 is 11.7 Å². The Morgan fingerprint density at radius 1 is 1.58 bits per heavy atom. The number of amides is 1. The molecular weight excluding hydrogens is 160 g/mol. The number of hydrogen-bond acceptors (Lipinski definition) is 5. The summed E-state index contributed by atoms with van der Waals surface area (Å²) in [5, 5.41) is 3.75. The number of nitrogens with two attached hydrogens (primary N) is 1. The molecule has 0 unspecified atom stereocenters. The summed E-state index contributed by atoms with van der Waals surface area (Å²) in [6, 6.07) is 0.0205. The van der Waals surface area contributed by atoms with Gasteiger partial charge in [-0.05, 0) is 12.8 Å². The van der Waals surface area contributed by atoms with E-state index in [-0.39, 0.29) is 6.04 Å². The molecule has 1 aliphatic rings. The topological polar surface area (TPSA) is 99.6 Å². The number of rotatable bonds is 4. The van der Waals surface area contributed by atoms with E-state index in [2.05, 4.69) is 5.11 Å². The molecule has 1 rings (SSSR count). The zero-order valence-corrected chi connectivity index (χ0v) is 6.49. The Kier molecular flexibility index (Phi) is 2.49. The first-order valence-corrected chi connectivity index (χ1v) is 3.61. The predicted molar refractivity (Wildman–Crippen MR) is 39.1 cm³/mol. The molecule has 0 aromatic rings. The van der Waals surface area contributed by atoms with Crippen molar-refractivity contribution in [1.82, 2.24) is 5.01 Å². The van der Waals surface area contributed by atoms with Gasteiger partial charge in [0.15, 0.2) is 0 Å². The molecule has 1 saturated carbocycles. The van der Waals surface area contributed by atoms with Gasteiger partial charge in [0.2, 0.25) is 5.78 Å². The Morgan fingerprint density at radius 2 is 2.17 bits per heavy atom. The van der Waals surface area contributed by atoms with E-state index in [1.807, 2.05) is 0 Å². The normalized spacial score (nSPS) is 15.4. The van der Waals surface area contributed by atoms with Crippen molar-refractivity contribution in [2.45, 2.75) is 18.9 Å². The van der Waals surface area contributed by atoms with Crippen LogP contribution in [-0.4, -0.2) is 29.3 Å². The number of carbonyl (C=O) groups is 2. The maximum atomic E-state index is 11.0. The van der Waals surface area contributed by atoms with Gasteiger partial charge in [0.1, 0.15) is 6.54 Å². The van der Waals surface area contributed by atoms with E-state index in [9.17, 15) is 9.59 Å². The molecular formula is C6H10N4O2. The van der Waals surface area contributed by atoms with Crippen molar-refractivity contribution in [3.05, 3.63) is 0 Å². The fraction of sp³-hybridized carbons (Fsp3) is 0.667. The van der Waals surface area contributed by atoms with Crippen molar-refractivity contribution in [3.8, 4) is 0 Å². The van der Waals surface area contributed by atoms with Gasteiger partial charge >= 0.3 is 5.91 Å². The van der Waals surface area contributed by atoms with Crippen LogP contribution in [0.1, 0.15) is 12.8 Å². The summed E-state index contributed by atoms with van der Waals surface area (Å²) < 4.78 is 0. The summed E-state index contributed by atoms with van der Waals surface area (Å²) in [5.74, 6) is 3.85. The second kappa shape index (κ2) is 3.40. The van der Waals surface area contributed by atoms with E-state index in [0.29, 0.717) is 0 Å². The average Bonchev–Trinajstić information content (AvgIpc) is 2.84. The molecule has 0 bridgehead atoms. The van der Waals surface area contributed by atoms with Crippen LogP contribution in [0.25, 0.3) is 0 Å². The Hall–Kier alpha value is -1.30. The van der Waals surface area contributed by atoms with Crippen LogP contribution in [0.2, 0.25) is 0 Å². The number of Topliss-reactive ketones (excluding diaryl/α,β-unsaturated/α-hetero) is 1. The zero-order chi connectivity index (χ0) is 9.14. The Labute approximate surface area is 69.2 Å². The molecule has 66 valence electrons. The predicted octanol–water partition coefficient (Wildman–Crippen LogP) is -0.549. The van der Waals surface area contributed by atoms with Crippen molar-refractivity contribution in [1.29, 1.82) is 5.53 Å². The largest absolute Gasteiger partial charge is 0.306 e. The smallest absolute Gasteiger partial charge is 0.286 e. The molecule has 1 fully saturated rings. The van der Waals surface area contributed by atoms with E-state index >= 15 is 0 Å². The minimum atomic E-state index is -0.742. The van der Waals surface area contributed by atoms with E-state index < -0.39 is 18.2 Å². The van der Waals surface area contributed by atoms with Gasteiger partial charge in [-0.3, -0.25) is 14.6 Å². The molecule has 12 heavy (non-hydrogen) atoms. The summed E-state index contributed by atoms with van der Waals surface area (Å²) in [7, 11) is 0. The molecule has 6 heteroatoms. The first-order chi connectivity index (χ1) is 5.66. The minimum absolute atomic E-state index is 0.0205. The number of ketones is 1. The van der Waals surface area contributed by atoms with Crippen LogP contribution in [0.15, 0.2) is 5.11 Å². The number of hydrogen-bond donors (Lipinski definition) is 2. The third-order valence-electron chi connectivity index (χ3n) is 1.64. The average molecular weight is 170 g/mol. The molecule has 1 aliphatic carbocycles. The van der Waals surface area contributed by atoms with Crippen molar-refractivity contribution < 1.29 is 9.59 Å². The van der Waals surface area contributed by atoms with Gasteiger partial charge in [-0.2, -0.15) is 5.11 Å². The Bertz CT molecular complexity index is 224. The van der Waals surface area contributed by atoms with Crippen LogP contribution >= 0.6 is 0 Å². The molecule has 0 aromatic carbocycles. The lowest BCUT2D eigenvalue weighted by Crippen LogP contribution is -2.44. The van der Waals surface area contributed by atoms with Crippen molar-refractivity contribution in [2.75, 3.05) is 6.54 Å². The van der Waals surface area contributed by atoms with Crippen LogP contribution in [0.4, 0.5) is 0 Å². The van der Waals surface area contributed by atoms with Gasteiger partial charge in [-0.1, -0.05) is 0 Å². The second-order valence-electron chi connectivity index (χ2n) is 2.68. The standard InChI is InChI=1S/C6H10N4O2/c7-9-3-5(11)6(12)10(8)4-1-2-4/h4,7H,1-3,8H2. The Morgan fingerprint density at radius 3 is 2.58 bits per heavy atom. The second-order valence-corrected chi connectivity index (χ2v) is 2.68. The summed E-state index contributed by atoms with van der Waals surface area (Å²) in [5.41, 5.74) is 6.38. The third kappa shape index (κ3) is 1.85. The zero-order valence-electron chi connectivity index (χ0n) is 6.49. The fourth-order valence-electron chi connectivity index (χ4n) is 0.802. The molecule has 0 atom stereocenters. The number of carbonyl (C=O) groups excluding carboxylic acids is 2. The van der Waals surface area contributed by atoms with E-state index in [4.69, 9.17) is 11.4 Å². The van der Waals surface area contributed by atoms with Crippen LogP contribution in [-0.2, 0) is 9.59 Å². The number of nitrogens with one attached hydrogen (secondary N) is 1. The molecule has 0 aromatic heterocycles. The van der Waals surface area contributed by atoms with Crippen LogP contribution in [0, 0.1) is 5.53 Å². The van der Waals surface area contributed by atoms with Gasteiger partial charge in [0.25, 0.3) is 0 Å². The lowest BCUT2D eigenvalue weighted by atomic mass is 10.3. The van der Waals surface area contributed by atoms with Crippen LogP contribution in [0.3, 0.4) is 0 Å². The Balaban J connectivity index is 2.44. The highest BCUT2D eigenvalue weighted by Gasteiger charge is 2.33. The van der Waals surface area contributed by atoms with Gasteiger partial charge in [-0.15, -0.1) is 0 Å². The summed E-state index contributed by atoms with van der Waals surface area (Å²) >= 11 is 0. The molecule has 0 aliphatic heterocycles. The SMILES string of the molecule is N=NCC(=O)C(=O)N(N)C1CC1. The lowest BCUT2D eigenvalue weighted by Gasteiger charge is -2.12. The van der Waals surface area contributed by atoms with Gasteiger partial charge < -0.3 is 0 Å². The first kappa shape index (κ1) is 8.79. The van der Waals surface area contributed by atoms with E-state index in [1.54, 1.807) is 0 Å². The minimum Gasteiger partial charge on any atom is -0.286 e. The van der Waals surface area contributed by atoms with Gasteiger partial charge in [0, 0.05) is 6.04 Å². The van der Waals surface area contributed by atoms with Crippen molar-refractivity contribution in [2.24, 2.45) is 11.0 Å². The van der Waals surface area contributed by atoms with Crippen LogP contribution < -0.4 is 5.84 Å². The highest BCUT2D eigenvalue weighted by molar-refractivity contribution is 6.36. The molecule has 6 nitrogen and oxygen atoms in total. The van der Waals surface area contributed by atoms with E-state index in [0.717, 1.165) is 17.9 Å². The van der Waals surface area contributed by atoms with E-state index in [1.165, 1.54) is 0 Å². The monoisotopic (exact) mass is 170 g/mol. The summed E-state index contributed by atoms with van der Waals surface area (Å²) in [6.45, 7) is -0.404. The van der Waals surface area contributed by atoms with Crippen LogP contribution in [0.5, 0.6) is 0 Å². The first-order valence-electron chi connectivity index (χ1n) is 3.61. The fourth-order valence-corrected chi connectivity index (χ4v) is 0.802. The molecule has 3 N–H and O–H groups in total. The molecule has 0 radical (unpaired) electrons. The third-order valence-corrected chi connectivity index (χ3v) is 1.64. The summed E-state index contributed by atoms with van der Waals surface area (Å²) in [6.07, 6.45) is 1.71. The number of nitrogens with zero attached hydrogens (tertiary/aromatic N) is 2. The summed E-state index contributed by atoms with van der Waals surface area (Å²) in [4.78, 5) is 21.9. The maximum Gasteiger partial charge on any atom is 0.306 e. The number of hydrazine groups is 1.